The zero-order valence-electron chi connectivity index (χ0n) is 10.0. The molecule has 0 aromatic rings. The minimum absolute atomic E-state index is 0.0926. The predicted molar refractivity (Wildman–Crippen MR) is 59.6 cm³/mol. The maximum atomic E-state index is 11.4. The van der Waals surface area contributed by atoms with Crippen molar-refractivity contribution in [1.29, 1.82) is 0 Å². The number of hydrogen-bond donors (Lipinski definition) is 1. The first kappa shape index (κ1) is 11.0. The van der Waals surface area contributed by atoms with Gasteiger partial charge in [0.25, 0.3) is 0 Å². The van der Waals surface area contributed by atoms with Gasteiger partial charge >= 0.3 is 5.97 Å². The van der Waals surface area contributed by atoms with Crippen LogP contribution in [0.2, 0.25) is 0 Å². The number of fused-ring (bicyclic) bond motifs is 3. The van der Waals surface area contributed by atoms with Gasteiger partial charge in [-0.3, -0.25) is 4.79 Å². The van der Waals surface area contributed by atoms with E-state index in [4.69, 9.17) is 0 Å². The molecular formula is C13H22O2. The monoisotopic (exact) mass is 210 g/mol. The Morgan fingerprint density at radius 1 is 1.27 bits per heavy atom. The Morgan fingerprint density at radius 2 is 1.80 bits per heavy atom. The molecule has 2 heteroatoms. The Morgan fingerprint density at radius 3 is 2.20 bits per heavy atom. The fraction of sp³-hybridized carbons (Fsp3) is 0.923. The third kappa shape index (κ3) is 1.49. The van der Waals surface area contributed by atoms with Gasteiger partial charge in [-0.1, -0.05) is 20.8 Å². The van der Waals surface area contributed by atoms with Crippen LogP contribution >= 0.6 is 0 Å². The van der Waals surface area contributed by atoms with Gasteiger partial charge in [-0.2, -0.15) is 0 Å². The molecule has 3 rings (SSSR count). The van der Waals surface area contributed by atoms with E-state index in [2.05, 4.69) is 20.8 Å². The maximum Gasteiger partial charge on any atom is 0.307 e. The fourth-order valence-electron chi connectivity index (χ4n) is 3.88. The molecule has 1 N–H and O–H groups in total. The van der Waals surface area contributed by atoms with Gasteiger partial charge in [0.05, 0.1) is 5.92 Å². The van der Waals surface area contributed by atoms with Crippen LogP contribution in [0.1, 0.15) is 52.9 Å². The molecule has 1 unspecified atom stereocenters. The number of hydrogen-bond acceptors (Lipinski definition) is 1. The summed E-state index contributed by atoms with van der Waals surface area (Å²) in [7, 11) is 0. The average Bonchev–Trinajstić information content (AvgIpc) is 2.17. The van der Waals surface area contributed by atoms with Crippen LogP contribution in [-0.2, 0) is 4.79 Å². The normalized spacial score (nSPS) is 44.7. The van der Waals surface area contributed by atoms with E-state index in [9.17, 15) is 9.90 Å². The Bertz CT molecular complexity index is 272. The zero-order valence-corrected chi connectivity index (χ0v) is 10.0. The lowest BCUT2D eigenvalue weighted by molar-refractivity contribution is -0.163. The van der Waals surface area contributed by atoms with Crippen molar-refractivity contribution in [3.8, 4) is 0 Å². The van der Waals surface area contributed by atoms with Crippen molar-refractivity contribution in [2.75, 3.05) is 0 Å². The Kier molecular flexibility index (Phi) is 2.36. The lowest BCUT2D eigenvalue weighted by atomic mass is 9.47. The van der Waals surface area contributed by atoms with Gasteiger partial charge in [-0.15, -0.1) is 0 Å². The quantitative estimate of drug-likeness (QED) is 0.759. The van der Waals surface area contributed by atoms with E-state index in [1.165, 1.54) is 12.8 Å². The van der Waals surface area contributed by atoms with Crippen LogP contribution in [0.4, 0.5) is 0 Å². The topological polar surface area (TPSA) is 37.3 Å². The van der Waals surface area contributed by atoms with Crippen molar-refractivity contribution < 1.29 is 9.90 Å². The molecular weight excluding hydrogens is 188 g/mol. The van der Waals surface area contributed by atoms with Crippen LogP contribution < -0.4 is 0 Å². The van der Waals surface area contributed by atoms with E-state index in [1.54, 1.807) is 0 Å². The molecule has 0 aliphatic heterocycles. The molecule has 1 atom stereocenters. The summed E-state index contributed by atoms with van der Waals surface area (Å²) in [5, 5.41) is 9.39. The highest BCUT2D eigenvalue weighted by molar-refractivity contribution is 5.71. The summed E-state index contributed by atoms with van der Waals surface area (Å²) in [6, 6.07) is 0. The highest BCUT2D eigenvalue weighted by Gasteiger charge is 2.56. The minimum Gasteiger partial charge on any atom is -0.481 e. The molecule has 0 spiro atoms. The van der Waals surface area contributed by atoms with E-state index in [0.29, 0.717) is 11.3 Å². The molecule has 0 aromatic heterocycles. The molecule has 3 fully saturated rings. The van der Waals surface area contributed by atoms with E-state index in [0.717, 1.165) is 19.3 Å². The smallest absolute Gasteiger partial charge is 0.307 e. The van der Waals surface area contributed by atoms with Crippen molar-refractivity contribution in [3.05, 3.63) is 0 Å². The first-order chi connectivity index (χ1) is 6.90. The van der Waals surface area contributed by atoms with Crippen LogP contribution in [0.25, 0.3) is 0 Å². The fourth-order valence-corrected chi connectivity index (χ4v) is 3.88. The average molecular weight is 210 g/mol. The van der Waals surface area contributed by atoms with Gasteiger partial charge in [0.1, 0.15) is 0 Å². The van der Waals surface area contributed by atoms with Gasteiger partial charge < -0.3 is 5.11 Å². The molecule has 15 heavy (non-hydrogen) atoms. The molecule has 0 saturated heterocycles. The van der Waals surface area contributed by atoms with Crippen molar-refractivity contribution in [2.24, 2.45) is 22.7 Å². The van der Waals surface area contributed by atoms with E-state index >= 15 is 0 Å². The summed E-state index contributed by atoms with van der Waals surface area (Å²) >= 11 is 0. The van der Waals surface area contributed by atoms with Crippen LogP contribution in [0, 0.1) is 22.7 Å². The third-order valence-corrected chi connectivity index (χ3v) is 5.23. The standard InChI is InChI=1S/C13H22O2/c1-9(2)13-6-4-12(3,5-7-13)8-10(13)11(14)15/h9-10H,4-8H2,1-3H3,(H,14,15)/t10?,12-,13+. The summed E-state index contributed by atoms with van der Waals surface area (Å²) in [4.78, 5) is 11.4. The molecule has 3 aliphatic rings. The summed E-state index contributed by atoms with van der Waals surface area (Å²) in [5.41, 5.74) is 0.420. The molecule has 0 amide bonds. The highest BCUT2D eigenvalue weighted by atomic mass is 16.4. The summed E-state index contributed by atoms with van der Waals surface area (Å²) < 4.78 is 0. The number of rotatable bonds is 2. The van der Waals surface area contributed by atoms with Gasteiger partial charge in [-0.25, -0.2) is 0 Å². The van der Waals surface area contributed by atoms with Gasteiger partial charge in [0, 0.05) is 0 Å². The molecule has 3 aliphatic carbocycles. The first-order valence-corrected chi connectivity index (χ1v) is 6.12. The van der Waals surface area contributed by atoms with Gasteiger partial charge in [0.2, 0.25) is 0 Å². The maximum absolute atomic E-state index is 11.4. The zero-order chi connectivity index (χ0) is 11.3. The summed E-state index contributed by atoms with van der Waals surface area (Å²) in [6.07, 6.45) is 5.61. The largest absolute Gasteiger partial charge is 0.481 e. The lowest BCUT2D eigenvalue weighted by Crippen LogP contribution is -2.52. The number of carboxylic acids is 1. The second-order valence-corrected chi connectivity index (χ2v) is 6.29. The minimum atomic E-state index is -0.561. The first-order valence-electron chi connectivity index (χ1n) is 6.12. The van der Waals surface area contributed by atoms with Crippen LogP contribution in [0.15, 0.2) is 0 Å². The van der Waals surface area contributed by atoms with E-state index in [-0.39, 0.29) is 11.3 Å². The van der Waals surface area contributed by atoms with Crippen molar-refractivity contribution in [2.45, 2.75) is 52.9 Å². The molecule has 2 bridgehead atoms. The molecule has 3 saturated carbocycles. The number of aliphatic carboxylic acids is 1. The van der Waals surface area contributed by atoms with Crippen molar-refractivity contribution in [3.63, 3.8) is 0 Å². The van der Waals surface area contributed by atoms with Gasteiger partial charge in [-0.05, 0) is 48.9 Å². The number of carbonyl (C=O) groups is 1. The van der Waals surface area contributed by atoms with Crippen LogP contribution in [0.3, 0.4) is 0 Å². The van der Waals surface area contributed by atoms with Crippen LogP contribution in [0.5, 0.6) is 0 Å². The highest BCUT2D eigenvalue weighted by Crippen LogP contribution is 2.62. The van der Waals surface area contributed by atoms with Crippen molar-refractivity contribution >= 4 is 5.97 Å². The SMILES string of the molecule is CC(C)[C@]12CC[C@](C)(CC1)CC2C(=O)O. The molecule has 0 radical (unpaired) electrons. The molecule has 0 aromatic carbocycles. The summed E-state index contributed by atoms with van der Waals surface area (Å²) in [5.74, 6) is -0.150. The van der Waals surface area contributed by atoms with Gasteiger partial charge in [0.15, 0.2) is 0 Å². The Hall–Kier alpha value is -0.530. The molecule has 0 heterocycles. The Labute approximate surface area is 92.1 Å². The molecule has 2 nitrogen and oxygen atoms in total. The third-order valence-electron chi connectivity index (χ3n) is 5.23. The number of carboxylic acid groups (broad SMARTS) is 1. The van der Waals surface area contributed by atoms with Crippen LogP contribution in [-0.4, -0.2) is 11.1 Å². The summed E-state index contributed by atoms with van der Waals surface area (Å²) in [6.45, 7) is 6.67. The second kappa shape index (κ2) is 3.23. The Balaban J connectivity index is 2.33. The van der Waals surface area contributed by atoms with Crippen molar-refractivity contribution in [1.82, 2.24) is 0 Å². The lowest BCUT2D eigenvalue weighted by Gasteiger charge is -2.57. The predicted octanol–water partition coefficient (Wildman–Crippen LogP) is 3.31. The molecule has 86 valence electrons. The van der Waals surface area contributed by atoms with E-state index < -0.39 is 5.97 Å². The van der Waals surface area contributed by atoms with E-state index in [1.807, 2.05) is 0 Å². The second-order valence-electron chi connectivity index (χ2n) is 6.29.